The molecule has 0 saturated heterocycles. The molecule has 43 heavy (non-hydrogen) atoms. The van der Waals surface area contributed by atoms with Crippen molar-refractivity contribution in [1.29, 1.82) is 0 Å². The number of alkyl halides is 4. The molecule has 5 fully saturated rings. The van der Waals surface area contributed by atoms with E-state index < -0.39 is 65.6 Å². The van der Waals surface area contributed by atoms with E-state index >= 15 is 0 Å². The van der Waals surface area contributed by atoms with E-state index in [9.17, 15) is 31.5 Å². The SMILES string of the molecule is COC(=O)C1(C(Oc2ccc(Cl)c(F)c2)C(=O)NC23CC(c4nnc(C5CC(OC(F)F)C5)o4)(C2)C3)CC(OC(F)F)C1. The highest BCUT2D eigenvalue weighted by molar-refractivity contribution is 6.30. The maximum absolute atomic E-state index is 14.2. The summed E-state index contributed by atoms with van der Waals surface area (Å²) in [4.78, 5) is 26.7. The Morgan fingerprint density at radius 2 is 1.70 bits per heavy atom. The summed E-state index contributed by atoms with van der Waals surface area (Å²) in [6.45, 7) is -5.93. The first-order valence-electron chi connectivity index (χ1n) is 13.6. The summed E-state index contributed by atoms with van der Waals surface area (Å²) in [6, 6.07) is 3.48. The lowest BCUT2D eigenvalue weighted by atomic mass is 9.39. The topological polar surface area (TPSA) is 122 Å². The Labute approximate surface area is 246 Å². The molecule has 1 atom stereocenters. The predicted octanol–water partition coefficient (Wildman–Crippen LogP) is 4.65. The molecule has 0 spiro atoms. The Morgan fingerprint density at radius 1 is 1.05 bits per heavy atom. The molecule has 2 bridgehead atoms. The first-order valence-corrected chi connectivity index (χ1v) is 14.0. The highest BCUT2D eigenvalue weighted by atomic mass is 35.5. The molecule has 1 amide bonds. The van der Waals surface area contributed by atoms with E-state index in [0.29, 0.717) is 43.9 Å². The van der Waals surface area contributed by atoms with E-state index in [1.54, 1.807) is 0 Å². The van der Waals surface area contributed by atoms with Crippen molar-refractivity contribution in [1.82, 2.24) is 15.5 Å². The number of amides is 1. The Morgan fingerprint density at radius 3 is 2.30 bits per heavy atom. The molecule has 0 aliphatic heterocycles. The normalized spacial score (nSPS) is 33.1. The maximum atomic E-state index is 14.2. The van der Waals surface area contributed by atoms with Gasteiger partial charge in [-0.2, -0.15) is 17.6 Å². The van der Waals surface area contributed by atoms with Crippen LogP contribution in [0.2, 0.25) is 5.02 Å². The van der Waals surface area contributed by atoms with Gasteiger partial charge < -0.3 is 28.7 Å². The van der Waals surface area contributed by atoms with Crippen LogP contribution >= 0.6 is 11.6 Å². The maximum Gasteiger partial charge on any atom is 0.345 e. The largest absolute Gasteiger partial charge is 0.479 e. The number of nitrogens with one attached hydrogen (secondary N) is 1. The van der Waals surface area contributed by atoms with Crippen molar-refractivity contribution in [2.24, 2.45) is 5.41 Å². The number of benzene rings is 1. The summed E-state index contributed by atoms with van der Waals surface area (Å²) in [7, 11) is 1.10. The summed E-state index contributed by atoms with van der Waals surface area (Å²) >= 11 is 5.76. The second-order valence-electron chi connectivity index (χ2n) is 11.9. The van der Waals surface area contributed by atoms with Gasteiger partial charge in [0.05, 0.1) is 29.8 Å². The zero-order chi connectivity index (χ0) is 30.7. The van der Waals surface area contributed by atoms with Crippen LogP contribution in [0, 0.1) is 11.2 Å². The molecule has 1 unspecified atom stereocenters. The molecular weight excluding hydrogens is 609 g/mol. The molecule has 5 saturated carbocycles. The number of carbonyl (C=O) groups is 2. The van der Waals surface area contributed by atoms with Crippen molar-refractivity contribution in [3.05, 3.63) is 40.8 Å². The molecule has 1 aromatic heterocycles. The highest BCUT2D eigenvalue weighted by Gasteiger charge is 2.73. The molecule has 7 rings (SSSR count). The summed E-state index contributed by atoms with van der Waals surface area (Å²) in [5, 5.41) is 11.0. The minimum Gasteiger partial charge on any atom is -0.479 e. The fourth-order valence-electron chi connectivity index (χ4n) is 6.90. The van der Waals surface area contributed by atoms with Crippen LogP contribution in [0.4, 0.5) is 22.0 Å². The Balaban J connectivity index is 1.14. The molecule has 10 nitrogen and oxygen atoms in total. The van der Waals surface area contributed by atoms with Crippen LogP contribution in [-0.2, 0) is 29.2 Å². The van der Waals surface area contributed by atoms with Gasteiger partial charge in [-0.05, 0) is 57.1 Å². The van der Waals surface area contributed by atoms with Gasteiger partial charge in [-0.25, -0.2) is 4.39 Å². The van der Waals surface area contributed by atoms with Crippen molar-refractivity contribution >= 4 is 23.5 Å². The Bertz CT molecular complexity index is 1380. The summed E-state index contributed by atoms with van der Waals surface area (Å²) in [5.41, 5.74) is -2.82. The molecule has 2 aromatic rings. The summed E-state index contributed by atoms with van der Waals surface area (Å²) in [5.74, 6) is -1.93. The van der Waals surface area contributed by atoms with Gasteiger partial charge >= 0.3 is 19.2 Å². The average molecular weight is 636 g/mol. The van der Waals surface area contributed by atoms with Gasteiger partial charge in [0.1, 0.15) is 17.0 Å². The van der Waals surface area contributed by atoms with Crippen LogP contribution in [0.25, 0.3) is 0 Å². The van der Waals surface area contributed by atoms with Crippen molar-refractivity contribution < 1.29 is 54.9 Å². The third-order valence-corrected chi connectivity index (χ3v) is 9.32. The van der Waals surface area contributed by atoms with Gasteiger partial charge in [-0.1, -0.05) is 11.6 Å². The zero-order valence-corrected chi connectivity index (χ0v) is 23.4. The number of halogens is 6. The molecular formula is C27H27ClF5N3O7. The first-order chi connectivity index (χ1) is 20.4. The lowest BCUT2D eigenvalue weighted by molar-refractivity contribution is -0.228. The Kier molecular flexibility index (Phi) is 7.57. The molecule has 0 radical (unpaired) electrons. The van der Waals surface area contributed by atoms with Crippen molar-refractivity contribution in [3.63, 3.8) is 0 Å². The van der Waals surface area contributed by atoms with Crippen LogP contribution in [0.5, 0.6) is 5.75 Å². The minimum atomic E-state index is -3.09. The lowest BCUT2D eigenvalue weighted by Crippen LogP contribution is -2.78. The van der Waals surface area contributed by atoms with E-state index in [0.717, 1.165) is 13.2 Å². The van der Waals surface area contributed by atoms with Gasteiger partial charge in [0.15, 0.2) is 6.10 Å². The Hall–Kier alpha value is -3.04. The number of carbonyl (C=O) groups excluding carboxylic acids is 2. The smallest absolute Gasteiger partial charge is 0.345 e. The molecule has 1 heterocycles. The fraction of sp³-hybridized carbons (Fsp3) is 0.630. The van der Waals surface area contributed by atoms with E-state index in [1.807, 2.05) is 0 Å². The quantitative estimate of drug-likeness (QED) is 0.262. The summed E-state index contributed by atoms with van der Waals surface area (Å²) < 4.78 is 90.4. The van der Waals surface area contributed by atoms with E-state index in [2.05, 4.69) is 25.0 Å². The lowest BCUT2D eigenvalue weighted by Gasteiger charge is -2.68. The standard InChI is InChI=1S/C27H27ClF5N3O7/c1-39-22(38)27(7-15(8-27)42-24(32)33)18(40-13-2-3-16(28)17(29)6-13)19(37)34-26-9-25(10-26,11-26)21-36-35-20(43-21)12-4-14(5-12)41-23(30)31/h2-3,6,12,14-15,18,23-24H,4-5,7-11H2,1H3,(H,34,37). The van der Waals surface area contributed by atoms with Crippen molar-refractivity contribution in [3.8, 4) is 5.75 Å². The van der Waals surface area contributed by atoms with Gasteiger partial charge in [0, 0.05) is 17.5 Å². The number of hydrogen-bond acceptors (Lipinski definition) is 9. The minimum absolute atomic E-state index is 0.104. The van der Waals surface area contributed by atoms with Gasteiger partial charge in [-0.15, -0.1) is 10.2 Å². The third-order valence-electron chi connectivity index (χ3n) is 9.01. The summed E-state index contributed by atoms with van der Waals surface area (Å²) in [6.07, 6.45) is -1.70. The molecule has 1 N–H and O–H groups in total. The van der Waals surface area contributed by atoms with Crippen LogP contribution in [0.3, 0.4) is 0 Å². The van der Waals surface area contributed by atoms with E-state index in [1.165, 1.54) is 12.1 Å². The van der Waals surface area contributed by atoms with Crippen LogP contribution in [-0.4, -0.2) is 66.3 Å². The number of nitrogens with zero attached hydrogens (tertiary/aromatic N) is 2. The number of ether oxygens (including phenoxy) is 4. The first kappa shape index (κ1) is 30.0. The number of hydrogen-bond donors (Lipinski definition) is 1. The average Bonchev–Trinajstić information content (AvgIpc) is 3.33. The fourth-order valence-corrected chi connectivity index (χ4v) is 7.02. The van der Waals surface area contributed by atoms with Crippen molar-refractivity contribution in [2.75, 3.05) is 7.11 Å². The van der Waals surface area contributed by atoms with Gasteiger partial charge in [-0.3, -0.25) is 9.59 Å². The second kappa shape index (κ2) is 10.8. The highest BCUT2D eigenvalue weighted by Crippen LogP contribution is 2.67. The van der Waals surface area contributed by atoms with Gasteiger partial charge in [0.25, 0.3) is 5.91 Å². The van der Waals surface area contributed by atoms with E-state index in [-0.39, 0.29) is 29.5 Å². The molecule has 16 heteroatoms. The molecule has 5 aliphatic rings. The second-order valence-corrected chi connectivity index (χ2v) is 12.3. The van der Waals surface area contributed by atoms with Gasteiger partial charge in [0.2, 0.25) is 11.8 Å². The number of rotatable bonds is 12. The number of methoxy groups -OCH3 is 1. The van der Waals surface area contributed by atoms with Crippen LogP contribution < -0.4 is 10.1 Å². The van der Waals surface area contributed by atoms with E-state index in [4.69, 9.17) is 25.5 Å². The number of esters is 1. The molecule has 1 aromatic carbocycles. The predicted molar refractivity (Wildman–Crippen MR) is 134 cm³/mol. The monoisotopic (exact) mass is 635 g/mol. The number of aromatic nitrogens is 2. The third kappa shape index (κ3) is 5.33. The van der Waals surface area contributed by atoms with Crippen LogP contribution in [0.1, 0.15) is 62.6 Å². The molecule has 5 aliphatic carbocycles. The molecule has 234 valence electrons. The van der Waals surface area contributed by atoms with Crippen molar-refractivity contribution in [2.45, 2.75) is 93.4 Å². The van der Waals surface area contributed by atoms with Crippen LogP contribution in [0.15, 0.2) is 22.6 Å². The zero-order valence-electron chi connectivity index (χ0n) is 22.7.